The van der Waals surface area contributed by atoms with Gasteiger partial charge in [-0.3, -0.25) is 0 Å². The van der Waals surface area contributed by atoms with Crippen molar-refractivity contribution in [3.05, 3.63) is 59.0 Å². The lowest BCUT2D eigenvalue weighted by atomic mass is 10.1. The molecule has 2 nitrogen and oxygen atoms in total. The van der Waals surface area contributed by atoms with Gasteiger partial charge in [0.15, 0.2) is 0 Å². The highest BCUT2D eigenvalue weighted by atomic mass is 15.2. The fourth-order valence-corrected chi connectivity index (χ4v) is 2.66. The second-order valence-corrected chi connectivity index (χ2v) is 4.94. The fourth-order valence-electron chi connectivity index (χ4n) is 2.66. The molecule has 0 spiro atoms. The van der Waals surface area contributed by atoms with Crippen molar-refractivity contribution in [2.45, 2.75) is 26.7 Å². The van der Waals surface area contributed by atoms with Crippen LogP contribution in [0.2, 0.25) is 0 Å². The predicted octanol–water partition coefficient (Wildman–Crippen LogP) is 3.68. The van der Waals surface area contributed by atoms with Crippen LogP contribution in [0, 0.1) is 13.8 Å². The Hall–Kier alpha value is -1.83. The average molecular weight is 238 g/mol. The lowest BCUT2D eigenvalue weighted by Crippen LogP contribution is -2.21. The van der Waals surface area contributed by atoms with E-state index in [1.165, 1.54) is 22.4 Å². The number of aromatic nitrogens is 1. The monoisotopic (exact) mass is 238 g/mol. The summed E-state index contributed by atoms with van der Waals surface area (Å²) in [4.78, 5) is 6.97. The van der Waals surface area contributed by atoms with Crippen molar-refractivity contribution in [1.29, 1.82) is 0 Å². The zero-order valence-corrected chi connectivity index (χ0v) is 11.0. The molecule has 3 rings (SSSR count). The number of rotatable bonds is 1. The Morgan fingerprint density at radius 2 is 2.11 bits per heavy atom. The van der Waals surface area contributed by atoms with Crippen LogP contribution >= 0.6 is 0 Å². The van der Waals surface area contributed by atoms with Crippen LogP contribution in [0.3, 0.4) is 0 Å². The molecule has 1 aliphatic heterocycles. The third-order valence-electron chi connectivity index (χ3n) is 3.86. The van der Waals surface area contributed by atoms with Crippen LogP contribution in [0.15, 0.2) is 47.8 Å². The first-order chi connectivity index (χ1) is 8.77. The van der Waals surface area contributed by atoms with Gasteiger partial charge in [-0.25, -0.2) is 4.98 Å². The number of pyridine rings is 1. The average Bonchev–Trinajstić information content (AvgIpc) is 2.62. The largest absolute Gasteiger partial charge is 0.329 e. The fraction of sp³-hybridized carbons (Fsp3) is 0.312. The molecule has 1 aliphatic carbocycles. The number of nitrogens with zero attached hydrogens (tertiary/aromatic N) is 2. The molecular weight excluding hydrogens is 220 g/mol. The number of aryl methyl sites for hydroxylation is 1. The standard InChI is InChI=1S/C16H18N2/c1-12-8-10-17-16(13(12)2)18-11-9-14-6-4-3-5-7-15(14)18/h3-6,8,10H,7,9,11H2,1-2H3. The van der Waals surface area contributed by atoms with E-state index in [1.807, 2.05) is 6.20 Å². The molecule has 2 aliphatic rings. The molecule has 0 fully saturated rings. The summed E-state index contributed by atoms with van der Waals surface area (Å²) in [7, 11) is 0. The smallest absolute Gasteiger partial charge is 0.135 e. The Morgan fingerprint density at radius 3 is 3.00 bits per heavy atom. The van der Waals surface area contributed by atoms with E-state index in [0.29, 0.717) is 0 Å². The highest BCUT2D eigenvalue weighted by Crippen LogP contribution is 2.34. The van der Waals surface area contributed by atoms with Gasteiger partial charge in [0, 0.05) is 24.9 Å². The second-order valence-electron chi connectivity index (χ2n) is 4.94. The molecular formula is C16H18N2. The zero-order chi connectivity index (χ0) is 12.5. The maximum atomic E-state index is 4.59. The number of anilines is 1. The summed E-state index contributed by atoms with van der Waals surface area (Å²) in [5.74, 6) is 1.13. The third-order valence-corrected chi connectivity index (χ3v) is 3.86. The molecule has 2 heterocycles. The maximum Gasteiger partial charge on any atom is 0.135 e. The number of hydrogen-bond acceptors (Lipinski definition) is 2. The van der Waals surface area contributed by atoms with E-state index in [9.17, 15) is 0 Å². The van der Waals surface area contributed by atoms with Crippen LogP contribution in [-0.2, 0) is 0 Å². The Labute approximate surface area is 108 Å². The molecule has 0 saturated carbocycles. The molecule has 2 heteroatoms. The van der Waals surface area contributed by atoms with Crippen LogP contribution in [0.5, 0.6) is 0 Å². The van der Waals surface area contributed by atoms with Crippen LogP contribution in [0.1, 0.15) is 24.0 Å². The Kier molecular flexibility index (Phi) is 2.78. The van der Waals surface area contributed by atoms with Gasteiger partial charge in [0.05, 0.1) is 0 Å². The van der Waals surface area contributed by atoms with E-state index in [4.69, 9.17) is 0 Å². The molecule has 0 N–H and O–H groups in total. The SMILES string of the molecule is Cc1ccnc(N2CCC3=C2CC=CC=C3)c1C. The summed E-state index contributed by atoms with van der Waals surface area (Å²) in [6.45, 7) is 5.37. The van der Waals surface area contributed by atoms with E-state index in [-0.39, 0.29) is 0 Å². The third kappa shape index (κ3) is 1.78. The Bertz CT molecular complexity index is 564. The molecule has 0 atom stereocenters. The quantitative estimate of drug-likeness (QED) is 0.742. The second kappa shape index (κ2) is 4.45. The lowest BCUT2D eigenvalue weighted by Gasteiger charge is -2.23. The van der Waals surface area contributed by atoms with E-state index in [1.54, 1.807) is 0 Å². The van der Waals surface area contributed by atoms with E-state index in [2.05, 4.69) is 54.1 Å². The summed E-state index contributed by atoms with van der Waals surface area (Å²) in [6, 6.07) is 2.08. The summed E-state index contributed by atoms with van der Waals surface area (Å²) in [5, 5.41) is 0. The van der Waals surface area contributed by atoms with Crippen molar-refractivity contribution < 1.29 is 0 Å². The predicted molar refractivity (Wildman–Crippen MR) is 75.6 cm³/mol. The number of allylic oxidation sites excluding steroid dienone is 4. The van der Waals surface area contributed by atoms with Gasteiger partial charge in [0.1, 0.15) is 5.82 Å². The first-order valence-electron chi connectivity index (χ1n) is 6.52. The van der Waals surface area contributed by atoms with Gasteiger partial charge < -0.3 is 4.90 Å². The van der Waals surface area contributed by atoms with Gasteiger partial charge in [-0.2, -0.15) is 0 Å². The highest BCUT2D eigenvalue weighted by molar-refractivity contribution is 5.59. The molecule has 0 aromatic carbocycles. The first-order valence-corrected chi connectivity index (χ1v) is 6.52. The van der Waals surface area contributed by atoms with Gasteiger partial charge in [-0.05, 0) is 43.0 Å². The number of hydrogen-bond donors (Lipinski definition) is 0. The normalized spacial score (nSPS) is 18.2. The molecule has 0 saturated heterocycles. The maximum absolute atomic E-state index is 4.59. The molecule has 1 aromatic rings. The van der Waals surface area contributed by atoms with Gasteiger partial charge in [0.25, 0.3) is 0 Å². The van der Waals surface area contributed by atoms with E-state index >= 15 is 0 Å². The molecule has 0 radical (unpaired) electrons. The minimum absolute atomic E-state index is 1.01. The van der Waals surface area contributed by atoms with Crippen molar-refractivity contribution in [3.63, 3.8) is 0 Å². The first kappa shape index (κ1) is 11.3. The van der Waals surface area contributed by atoms with Crippen LogP contribution < -0.4 is 4.90 Å². The van der Waals surface area contributed by atoms with Crippen molar-refractivity contribution in [2.24, 2.45) is 0 Å². The summed E-state index contributed by atoms with van der Waals surface area (Å²) >= 11 is 0. The lowest BCUT2D eigenvalue weighted by molar-refractivity contribution is 0.911. The highest BCUT2D eigenvalue weighted by Gasteiger charge is 2.24. The van der Waals surface area contributed by atoms with E-state index < -0.39 is 0 Å². The molecule has 0 amide bonds. The Morgan fingerprint density at radius 1 is 1.22 bits per heavy atom. The van der Waals surface area contributed by atoms with Gasteiger partial charge in [-0.15, -0.1) is 0 Å². The van der Waals surface area contributed by atoms with Gasteiger partial charge in [0.2, 0.25) is 0 Å². The summed E-state index contributed by atoms with van der Waals surface area (Å²) in [6.07, 6.45) is 12.8. The van der Waals surface area contributed by atoms with Crippen LogP contribution in [0.25, 0.3) is 0 Å². The van der Waals surface area contributed by atoms with Crippen molar-refractivity contribution in [3.8, 4) is 0 Å². The zero-order valence-electron chi connectivity index (χ0n) is 11.0. The minimum atomic E-state index is 1.01. The van der Waals surface area contributed by atoms with Crippen LogP contribution in [-0.4, -0.2) is 11.5 Å². The van der Waals surface area contributed by atoms with Crippen LogP contribution in [0.4, 0.5) is 5.82 Å². The van der Waals surface area contributed by atoms with Crippen molar-refractivity contribution in [2.75, 3.05) is 11.4 Å². The molecule has 92 valence electrons. The van der Waals surface area contributed by atoms with Gasteiger partial charge in [-0.1, -0.05) is 24.3 Å². The molecule has 0 bridgehead atoms. The Balaban J connectivity index is 2.03. The molecule has 0 unspecified atom stereocenters. The summed E-state index contributed by atoms with van der Waals surface area (Å²) in [5.41, 5.74) is 5.49. The molecule has 18 heavy (non-hydrogen) atoms. The van der Waals surface area contributed by atoms with E-state index in [0.717, 1.165) is 25.2 Å². The topological polar surface area (TPSA) is 16.1 Å². The molecule has 1 aromatic heterocycles. The summed E-state index contributed by atoms with van der Waals surface area (Å²) < 4.78 is 0. The van der Waals surface area contributed by atoms with Crippen molar-refractivity contribution >= 4 is 5.82 Å². The van der Waals surface area contributed by atoms with Gasteiger partial charge >= 0.3 is 0 Å². The minimum Gasteiger partial charge on any atom is -0.329 e. The van der Waals surface area contributed by atoms with Crippen molar-refractivity contribution in [1.82, 2.24) is 4.98 Å².